The zero-order valence-corrected chi connectivity index (χ0v) is 29.7. The topological polar surface area (TPSA) is 161 Å². The minimum atomic E-state index is -0.501. The number of amidine groups is 3. The third-order valence-electron chi connectivity index (χ3n) is 11.5. The van der Waals surface area contributed by atoms with Crippen LogP contribution < -0.4 is 10.6 Å². The number of aromatic amines is 2. The van der Waals surface area contributed by atoms with Crippen molar-refractivity contribution in [3.8, 4) is 0 Å². The fraction of sp³-hybridized carbons (Fsp3) is 0.216. The van der Waals surface area contributed by atoms with Crippen molar-refractivity contribution in [1.82, 2.24) is 15.3 Å². The first-order valence-electron chi connectivity index (χ1n) is 17.0. The van der Waals surface area contributed by atoms with Crippen molar-refractivity contribution in [3.05, 3.63) is 105 Å². The van der Waals surface area contributed by atoms with Crippen LogP contribution in [0, 0.1) is 11.8 Å². The summed E-state index contributed by atoms with van der Waals surface area (Å²) in [6, 6.07) is 0. The number of hydrogen-bond acceptors (Lipinski definition) is 13. The number of nitrogens with one attached hydrogen (secondary N) is 4. The summed E-state index contributed by atoms with van der Waals surface area (Å²) >= 11 is 5.21. The van der Waals surface area contributed by atoms with Crippen LogP contribution in [0.5, 0.6) is 0 Å². The molecule has 4 aliphatic carbocycles. The van der Waals surface area contributed by atoms with Crippen molar-refractivity contribution in [2.45, 2.75) is 32.8 Å². The highest BCUT2D eigenvalue weighted by Gasteiger charge is 2.50. The number of thioether (sulfide) groups is 4. The van der Waals surface area contributed by atoms with E-state index in [0.717, 1.165) is 56.1 Å². The largest absolute Gasteiger partial charge is 0.341 e. The van der Waals surface area contributed by atoms with Crippen LogP contribution in [0.4, 0.5) is 17.5 Å². The SMILES string of the molecule is O=C1SC2C=CC1C1=C2C2=NC1=Nc1[nH]c(c3c1C1C=CC3C(=O)S1)Nc1[nH]c(c3c1C1C=CC3C(=O)S1)C=C1N=C(N2)C2=C1C1C=CC2C(=O)S1. The third-order valence-corrected chi connectivity index (χ3v) is 16.0. The van der Waals surface area contributed by atoms with E-state index in [-0.39, 0.29) is 41.5 Å². The monoisotopic (exact) mass is 755 g/mol. The molecule has 8 unspecified atom stereocenters. The summed E-state index contributed by atoms with van der Waals surface area (Å²) in [6.45, 7) is 0. The number of anilines is 2. The van der Waals surface area contributed by atoms with Gasteiger partial charge in [-0.1, -0.05) is 95.7 Å². The summed E-state index contributed by atoms with van der Waals surface area (Å²) in [5, 5.41) is 6.64. The molecular formula is C37H21N7O4S4. The van der Waals surface area contributed by atoms with Gasteiger partial charge in [-0.15, -0.1) is 0 Å². The molecule has 52 heavy (non-hydrogen) atoms. The molecule has 252 valence electrons. The van der Waals surface area contributed by atoms with Crippen LogP contribution >= 0.6 is 47.0 Å². The molecule has 15 heteroatoms. The van der Waals surface area contributed by atoms with E-state index < -0.39 is 23.7 Å². The van der Waals surface area contributed by atoms with Crippen LogP contribution in [0.25, 0.3) is 6.08 Å². The molecule has 2 aromatic rings. The number of fused-ring (bicyclic) bond motifs is 10. The zero-order valence-electron chi connectivity index (χ0n) is 26.4. The quantitative estimate of drug-likeness (QED) is 0.233. The van der Waals surface area contributed by atoms with Gasteiger partial charge in [-0.05, 0) is 11.6 Å². The highest BCUT2D eigenvalue weighted by molar-refractivity contribution is 8.15. The molecule has 8 atom stereocenters. The first-order chi connectivity index (χ1) is 25.4. The van der Waals surface area contributed by atoms with E-state index in [9.17, 15) is 19.2 Å². The predicted molar refractivity (Wildman–Crippen MR) is 204 cm³/mol. The van der Waals surface area contributed by atoms with Crippen LogP contribution in [0.3, 0.4) is 0 Å². The Morgan fingerprint density at radius 3 is 1.79 bits per heavy atom. The highest BCUT2D eigenvalue weighted by atomic mass is 32.2. The summed E-state index contributed by atoms with van der Waals surface area (Å²) in [6.07, 6.45) is 18.2. The van der Waals surface area contributed by atoms with E-state index in [1.54, 1.807) is 0 Å². The Hall–Kier alpha value is -4.57. The second-order valence-electron chi connectivity index (χ2n) is 14.1. The third kappa shape index (κ3) is 3.53. The lowest BCUT2D eigenvalue weighted by atomic mass is 9.85. The van der Waals surface area contributed by atoms with Gasteiger partial charge in [-0.2, -0.15) is 0 Å². The molecular weight excluding hydrogens is 735 g/mol. The predicted octanol–water partition coefficient (Wildman–Crippen LogP) is 6.07. The van der Waals surface area contributed by atoms with Gasteiger partial charge in [0.25, 0.3) is 0 Å². The Bertz CT molecular complexity index is 2630. The number of H-pyrrole nitrogens is 2. The van der Waals surface area contributed by atoms with E-state index >= 15 is 0 Å². The molecule has 0 aromatic carbocycles. The van der Waals surface area contributed by atoms with Crippen LogP contribution in [0.15, 0.2) is 91.6 Å². The maximum atomic E-state index is 13.4. The van der Waals surface area contributed by atoms with E-state index in [1.807, 2.05) is 36.5 Å². The second-order valence-corrected chi connectivity index (χ2v) is 18.7. The van der Waals surface area contributed by atoms with Gasteiger partial charge in [-0.3, -0.25) is 19.2 Å². The van der Waals surface area contributed by atoms with Gasteiger partial charge in [0.1, 0.15) is 29.1 Å². The summed E-state index contributed by atoms with van der Waals surface area (Å²) in [7, 11) is 0. The van der Waals surface area contributed by atoms with Crippen LogP contribution in [-0.2, 0) is 19.2 Å². The molecule has 11 nitrogen and oxygen atoms in total. The molecule has 13 heterocycles. The fourth-order valence-corrected chi connectivity index (χ4v) is 13.8. The maximum absolute atomic E-state index is 13.4. The molecule has 0 radical (unpaired) electrons. The number of hydrogen-bond donors (Lipinski definition) is 4. The first-order valence-corrected chi connectivity index (χ1v) is 20.5. The van der Waals surface area contributed by atoms with Crippen molar-refractivity contribution in [2.24, 2.45) is 26.8 Å². The molecule has 0 fully saturated rings. The van der Waals surface area contributed by atoms with Crippen molar-refractivity contribution < 1.29 is 19.2 Å². The lowest BCUT2D eigenvalue weighted by Crippen LogP contribution is -2.40. The Morgan fingerprint density at radius 1 is 0.481 bits per heavy atom. The Morgan fingerprint density at radius 2 is 1.06 bits per heavy atom. The molecule has 0 saturated heterocycles. The van der Waals surface area contributed by atoms with Crippen LogP contribution in [-0.4, -0.2) is 58.4 Å². The minimum absolute atomic E-state index is 0.0536. The van der Waals surface area contributed by atoms with Gasteiger partial charge in [0.2, 0.25) is 20.5 Å². The molecule has 16 bridgehead atoms. The Kier molecular flexibility index (Phi) is 5.40. The molecule has 11 aliphatic heterocycles. The molecule has 0 spiro atoms. The average Bonchev–Trinajstić information content (AvgIpc) is 3.90. The average molecular weight is 756 g/mol. The molecule has 0 saturated carbocycles. The highest BCUT2D eigenvalue weighted by Crippen LogP contribution is 2.58. The number of carbonyl (C=O) groups is 4. The van der Waals surface area contributed by atoms with Gasteiger partial charge in [-0.25, -0.2) is 15.0 Å². The van der Waals surface area contributed by atoms with E-state index in [4.69, 9.17) is 15.0 Å². The number of carbonyl (C=O) groups excluding carboxylic acids is 4. The lowest BCUT2D eigenvalue weighted by molar-refractivity contribution is -0.113. The van der Waals surface area contributed by atoms with Gasteiger partial charge in [0.05, 0.1) is 50.4 Å². The van der Waals surface area contributed by atoms with Crippen molar-refractivity contribution in [3.63, 3.8) is 0 Å². The fourth-order valence-electron chi connectivity index (χ4n) is 9.35. The smallest absolute Gasteiger partial charge is 0.201 e. The summed E-state index contributed by atoms with van der Waals surface area (Å²) in [4.78, 5) is 76.0. The van der Waals surface area contributed by atoms with Crippen molar-refractivity contribution in [1.29, 1.82) is 0 Å². The Balaban J connectivity index is 1.09. The standard InChI is InChI=1S/C37H21N7O4S4/c45-34-10-1-6-17(50-34)25-20(10)14-9-15-24-16-5-2-11(35(46)49-16)21(24)28(39-15)40-32-26-18-7-4-13(37(48)51-18)23(26)30(43-32)44-33-27-19-8-3-12(36(47)52-19)22(27)29(42-33)41-31(25)38-14/h1-13,16-19,38,41-42H,(H,39,40,43,44). The normalized spacial score (nSPS) is 34.3. The second kappa shape index (κ2) is 9.69. The maximum Gasteiger partial charge on any atom is 0.201 e. The zero-order chi connectivity index (χ0) is 34.3. The van der Waals surface area contributed by atoms with Gasteiger partial charge < -0.3 is 20.6 Å². The summed E-state index contributed by atoms with van der Waals surface area (Å²) in [5.41, 5.74) is 8.62. The number of aromatic nitrogens is 2. The van der Waals surface area contributed by atoms with E-state index in [0.29, 0.717) is 34.8 Å². The lowest BCUT2D eigenvalue weighted by Gasteiger charge is -2.33. The number of rotatable bonds is 0. The van der Waals surface area contributed by atoms with Gasteiger partial charge in [0.15, 0.2) is 5.84 Å². The van der Waals surface area contributed by atoms with Crippen LogP contribution in [0.1, 0.15) is 50.3 Å². The minimum Gasteiger partial charge on any atom is -0.341 e. The van der Waals surface area contributed by atoms with E-state index in [1.165, 1.54) is 47.0 Å². The molecule has 0 amide bonds. The molecule has 15 aliphatic rings. The number of allylic oxidation sites excluding steroid dienone is 5. The Labute approximate surface area is 311 Å². The van der Waals surface area contributed by atoms with Crippen molar-refractivity contribution >= 4 is 109 Å². The van der Waals surface area contributed by atoms with Crippen LogP contribution in [0.2, 0.25) is 0 Å². The summed E-state index contributed by atoms with van der Waals surface area (Å²) < 4.78 is 0. The molecule has 4 N–H and O–H groups in total. The van der Waals surface area contributed by atoms with Gasteiger partial charge >= 0.3 is 0 Å². The van der Waals surface area contributed by atoms with Gasteiger partial charge in [0, 0.05) is 44.7 Å². The molecule has 17 rings (SSSR count). The summed E-state index contributed by atoms with van der Waals surface area (Å²) in [5.74, 6) is 1.66. The number of aliphatic imine (C=N–C) groups is 3. The van der Waals surface area contributed by atoms with Crippen molar-refractivity contribution in [2.75, 3.05) is 5.32 Å². The molecule has 2 aromatic heterocycles. The first kappa shape index (κ1) is 28.9. The number of nitrogens with zero attached hydrogens (tertiary/aromatic N) is 3. The van der Waals surface area contributed by atoms with E-state index in [2.05, 4.69) is 38.8 Å².